The number of hydrogen-bond donors (Lipinski definition) is 0. The Morgan fingerprint density at radius 3 is 3.06 bits per heavy atom. The molecule has 0 amide bonds. The van der Waals surface area contributed by atoms with Gasteiger partial charge in [-0.2, -0.15) is 0 Å². The first-order valence-corrected chi connectivity index (χ1v) is 7.43. The predicted octanol–water partition coefficient (Wildman–Crippen LogP) is 4.36. The number of ketones is 1. The van der Waals surface area contributed by atoms with Crippen LogP contribution in [0.5, 0.6) is 5.75 Å². The zero-order chi connectivity index (χ0) is 12.8. The fourth-order valence-corrected chi connectivity index (χ4v) is 3.63. The minimum atomic E-state index is -0.210. The number of benzene rings is 1. The van der Waals surface area contributed by atoms with E-state index in [1.807, 2.05) is 18.2 Å². The Kier molecular flexibility index (Phi) is 2.97. The molecule has 0 aromatic heterocycles. The maximum atomic E-state index is 12.3. The largest absolute Gasteiger partial charge is 0.486 e. The van der Waals surface area contributed by atoms with E-state index in [9.17, 15) is 4.79 Å². The van der Waals surface area contributed by atoms with Gasteiger partial charge in [0.05, 0.1) is 12.0 Å². The molecule has 2 unspecified atom stereocenters. The highest BCUT2D eigenvalue weighted by molar-refractivity contribution is 9.10. The molecule has 2 aliphatic rings. The van der Waals surface area contributed by atoms with E-state index in [0.29, 0.717) is 6.42 Å². The van der Waals surface area contributed by atoms with Crippen molar-refractivity contribution in [1.82, 2.24) is 0 Å². The summed E-state index contributed by atoms with van der Waals surface area (Å²) in [5.74, 6) is 1.72. The Morgan fingerprint density at radius 2 is 2.33 bits per heavy atom. The van der Waals surface area contributed by atoms with Crippen molar-refractivity contribution in [2.45, 2.75) is 44.6 Å². The van der Waals surface area contributed by atoms with Gasteiger partial charge < -0.3 is 4.74 Å². The molecule has 1 aliphatic carbocycles. The molecule has 18 heavy (non-hydrogen) atoms. The van der Waals surface area contributed by atoms with Gasteiger partial charge in [-0.3, -0.25) is 4.79 Å². The van der Waals surface area contributed by atoms with Crippen molar-refractivity contribution >= 4 is 21.7 Å². The lowest BCUT2D eigenvalue weighted by Gasteiger charge is -2.35. The molecule has 1 aliphatic heterocycles. The first-order valence-electron chi connectivity index (χ1n) is 6.64. The molecule has 2 nitrogen and oxygen atoms in total. The van der Waals surface area contributed by atoms with Crippen LogP contribution in [-0.2, 0) is 0 Å². The van der Waals surface area contributed by atoms with Crippen LogP contribution in [0.3, 0.4) is 0 Å². The number of hydrogen-bond acceptors (Lipinski definition) is 2. The molecule has 1 aromatic rings. The minimum Gasteiger partial charge on any atom is -0.486 e. The molecule has 0 bridgehead atoms. The maximum Gasteiger partial charge on any atom is 0.170 e. The van der Waals surface area contributed by atoms with E-state index in [2.05, 4.69) is 22.9 Å². The van der Waals surface area contributed by atoms with Gasteiger partial charge in [-0.15, -0.1) is 0 Å². The van der Waals surface area contributed by atoms with Gasteiger partial charge in [-0.25, -0.2) is 0 Å². The Hall–Kier alpha value is -0.830. The summed E-state index contributed by atoms with van der Waals surface area (Å²) in [5, 5.41) is 0. The van der Waals surface area contributed by atoms with Gasteiger partial charge in [-0.05, 0) is 43.4 Å². The number of rotatable bonds is 1. The first kappa shape index (κ1) is 12.2. The van der Waals surface area contributed by atoms with E-state index >= 15 is 0 Å². The molecule has 1 fully saturated rings. The molecular formula is C15H17BrO2. The summed E-state index contributed by atoms with van der Waals surface area (Å²) in [7, 11) is 0. The number of fused-ring (bicyclic) bond motifs is 1. The average molecular weight is 309 g/mol. The highest BCUT2D eigenvalue weighted by atomic mass is 79.9. The number of Topliss-reactive ketones (excluding diaryl/α,β-unsaturated/α-hetero) is 1. The van der Waals surface area contributed by atoms with Crippen molar-refractivity contribution < 1.29 is 9.53 Å². The summed E-state index contributed by atoms with van der Waals surface area (Å²) in [6.45, 7) is 2.22. The van der Waals surface area contributed by atoms with Gasteiger partial charge in [0.1, 0.15) is 11.4 Å². The van der Waals surface area contributed by atoms with Crippen LogP contribution in [0.25, 0.3) is 0 Å². The fourth-order valence-electron chi connectivity index (χ4n) is 3.27. The molecule has 0 N–H and O–H groups in total. The third kappa shape index (κ3) is 1.99. The van der Waals surface area contributed by atoms with Crippen LogP contribution < -0.4 is 4.74 Å². The summed E-state index contributed by atoms with van der Waals surface area (Å²) < 4.78 is 7.13. The second-order valence-electron chi connectivity index (χ2n) is 5.54. The van der Waals surface area contributed by atoms with Gasteiger partial charge in [-0.1, -0.05) is 29.3 Å². The van der Waals surface area contributed by atoms with Crippen LogP contribution in [0.15, 0.2) is 22.7 Å². The van der Waals surface area contributed by atoms with E-state index < -0.39 is 0 Å². The molecule has 3 rings (SSSR count). The Bertz CT molecular complexity index is 497. The van der Waals surface area contributed by atoms with E-state index in [1.165, 1.54) is 12.8 Å². The normalized spacial score (nSPS) is 30.3. The van der Waals surface area contributed by atoms with Crippen LogP contribution in [0.4, 0.5) is 0 Å². The standard InChI is InChI=1S/C15H17BrO2/c1-2-10-5-6-15(8-10)9-13(17)12-7-11(16)3-4-14(12)18-15/h3-4,7,10H,2,5-6,8-9H2,1H3. The molecular weight excluding hydrogens is 292 g/mol. The van der Waals surface area contributed by atoms with E-state index in [-0.39, 0.29) is 11.4 Å². The second-order valence-corrected chi connectivity index (χ2v) is 6.46. The number of carbonyl (C=O) groups is 1. The van der Waals surface area contributed by atoms with Crippen LogP contribution in [-0.4, -0.2) is 11.4 Å². The van der Waals surface area contributed by atoms with Crippen LogP contribution >= 0.6 is 15.9 Å². The van der Waals surface area contributed by atoms with Crippen LogP contribution in [0.1, 0.15) is 49.4 Å². The summed E-state index contributed by atoms with van der Waals surface area (Å²) in [6, 6.07) is 5.73. The van der Waals surface area contributed by atoms with Gasteiger partial charge >= 0.3 is 0 Å². The van der Waals surface area contributed by atoms with Crippen molar-refractivity contribution in [3.05, 3.63) is 28.2 Å². The smallest absolute Gasteiger partial charge is 0.170 e. The van der Waals surface area contributed by atoms with Crippen LogP contribution in [0.2, 0.25) is 0 Å². The van der Waals surface area contributed by atoms with Crippen molar-refractivity contribution in [2.75, 3.05) is 0 Å². The molecule has 96 valence electrons. The lowest BCUT2D eigenvalue weighted by atomic mass is 9.87. The first-order chi connectivity index (χ1) is 8.62. The summed E-state index contributed by atoms with van der Waals surface area (Å²) in [6.07, 6.45) is 4.98. The Labute approximate surface area is 116 Å². The second kappa shape index (κ2) is 4.37. The zero-order valence-corrected chi connectivity index (χ0v) is 12.1. The Balaban J connectivity index is 1.92. The third-order valence-electron chi connectivity index (χ3n) is 4.30. The molecule has 2 atom stereocenters. The van der Waals surface area contributed by atoms with E-state index in [1.54, 1.807) is 0 Å². The van der Waals surface area contributed by atoms with Crippen molar-refractivity contribution in [3.8, 4) is 5.75 Å². The van der Waals surface area contributed by atoms with Crippen molar-refractivity contribution in [3.63, 3.8) is 0 Å². The number of ether oxygens (including phenoxy) is 1. The minimum absolute atomic E-state index is 0.210. The van der Waals surface area contributed by atoms with Gasteiger partial charge in [0.25, 0.3) is 0 Å². The highest BCUT2D eigenvalue weighted by Crippen LogP contribution is 2.46. The molecule has 1 heterocycles. The molecule has 0 radical (unpaired) electrons. The molecule has 1 spiro atoms. The van der Waals surface area contributed by atoms with Crippen LogP contribution in [0, 0.1) is 5.92 Å². The molecule has 1 aromatic carbocycles. The zero-order valence-electron chi connectivity index (χ0n) is 10.5. The average Bonchev–Trinajstić information content (AvgIpc) is 2.73. The fraction of sp³-hybridized carbons (Fsp3) is 0.533. The number of carbonyl (C=O) groups excluding carboxylic acids is 1. The monoisotopic (exact) mass is 308 g/mol. The topological polar surface area (TPSA) is 26.3 Å². The predicted molar refractivity (Wildman–Crippen MR) is 74.1 cm³/mol. The van der Waals surface area contributed by atoms with E-state index in [4.69, 9.17) is 4.74 Å². The lowest BCUT2D eigenvalue weighted by molar-refractivity contribution is 0.0422. The maximum absolute atomic E-state index is 12.3. The van der Waals surface area contributed by atoms with Crippen molar-refractivity contribution in [1.29, 1.82) is 0 Å². The quantitative estimate of drug-likeness (QED) is 0.770. The Morgan fingerprint density at radius 1 is 1.50 bits per heavy atom. The van der Waals surface area contributed by atoms with E-state index in [0.717, 1.165) is 34.5 Å². The highest BCUT2D eigenvalue weighted by Gasteiger charge is 2.45. The van der Waals surface area contributed by atoms with Gasteiger partial charge in [0.2, 0.25) is 0 Å². The third-order valence-corrected chi connectivity index (χ3v) is 4.79. The molecule has 1 saturated carbocycles. The van der Waals surface area contributed by atoms with Gasteiger partial charge in [0.15, 0.2) is 5.78 Å². The SMILES string of the molecule is CCC1CCC2(CC(=O)c3cc(Br)ccc3O2)C1. The van der Waals surface area contributed by atoms with Gasteiger partial charge in [0, 0.05) is 4.47 Å². The molecule has 0 saturated heterocycles. The lowest BCUT2D eigenvalue weighted by Crippen LogP contribution is -2.39. The summed E-state index contributed by atoms with van der Waals surface area (Å²) in [4.78, 5) is 12.3. The van der Waals surface area contributed by atoms with Crippen molar-refractivity contribution in [2.24, 2.45) is 5.92 Å². The summed E-state index contributed by atoms with van der Waals surface area (Å²) >= 11 is 3.41. The molecule has 3 heteroatoms. The number of halogens is 1. The summed E-state index contributed by atoms with van der Waals surface area (Å²) in [5.41, 5.74) is 0.522.